The molecule has 0 bridgehead atoms. The summed E-state index contributed by atoms with van der Waals surface area (Å²) in [5, 5.41) is 0. The number of hydrogen-bond acceptors (Lipinski definition) is 11. The zero-order chi connectivity index (χ0) is 29.4. The molecule has 3 aromatic carbocycles. The fourth-order valence-corrected chi connectivity index (χ4v) is 4.76. The van der Waals surface area contributed by atoms with Crippen molar-refractivity contribution in [3.63, 3.8) is 0 Å². The Kier molecular flexibility index (Phi) is 9.84. The van der Waals surface area contributed by atoms with Gasteiger partial charge < -0.3 is 23.7 Å². The molecule has 0 N–H and O–H groups in total. The van der Waals surface area contributed by atoms with E-state index in [9.17, 15) is 22.8 Å². The van der Waals surface area contributed by atoms with Gasteiger partial charge in [0.1, 0.15) is 18.8 Å². The Morgan fingerprint density at radius 1 is 0.683 bits per heavy atom. The van der Waals surface area contributed by atoms with Crippen molar-refractivity contribution in [2.45, 2.75) is 30.7 Å². The van der Waals surface area contributed by atoms with Crippen molar-refractivity contribution in [2.75, 3.05) is 20.0 Å². The Morgan fingerprint density at radius 3 is 1.56 bits per heavy atom. The molecule has 0 saturated carbocycles. The summed E-state index contributed by atoms with van der Waals surface area (Å²) in [5.41, 5.74) is 0.565. The number of carbonyl (C=O) groups excluding carboxylic acids is 3. The standard InChI is InChI=1S/C29H28O11S/c1-35-29-25(39-28(32)21-16-10-5-11-17-21)24(38-27(31)20-14-8-4-9-15-20)23(40-41(2,33)34)22(37-29)18-36-26(30)19-12-6-3-7-13-19/h3-17,22-25,29H,18H2,1-2H3/t22-,23+,24+,25-,29+/m1/s1. The van der Waals surface area contributed by atoms with Gasteiger partial charge in [-0.3, -0.25) is 4.18 Å². The Bertz CT molecular complexity index is 1430. The lowest BCUT2D eigenvalue weighted by molar-refractivity contribution is -0.287. The fraction of sp³-hybridized carbons (Fsp3) is 0.276. The summed E-state index contributed by atoms with van der Waals surface area (Å²) in [7, 11) is -2.94. The first-order valence-corrected chi connectivity index (χ1v) is 14.3. The highest BCUT2D eigenvalue weighted by atomic mass is 32.2. The van der Waals surface area contributed by atoms with Crippen molar-refractivity contribution in [2.24, 2.45) is 0 Å². The van der Waals surface area contributed by atoms with Crippen LogP contribution in [-0.4, -0.2) is 77.0 Å². The molecule has 1 saturated heterocycles. The second kappa shape index (κ2) is 13.5. The van der Waals surface area contributed by atoms with E-state index in [0.29, 0.717) is 0 Å². The first kappa shape index (κ1) is 29.9. The topological polar surface area (TPSA) is 141 Å². The maximum Gasteiger partial charge on any atom is 0.338 e. The van der Waals surface area contributed by atoms with Crippen molar-refractivity contribution in [3.8, 4) is 0 Å². The van der Waals surface area contributed by atoms with Crippen molar-refractivity contribution >= 4 is 28.0 Å². The van der Waals surface area contributed by atoms with Gasteiger partial charge in [-0.2, -0.15) is 8.42 Å². The molecule has 0 amide bonds. The van der Waals surface area contributed by atoms with Crippen LogP contribution < -0.4 is 0 Å². The molecule has 0 radical (unpaired) electrons. The van der Waals surface area contributed by atoms with Crippen LogP contribution in [0.1, 0.15) is 31.1 Å². The van der Waals surface area contributed by atoms with E-state index in [0.717, 1.165) is 6.26 Å². The normalized spacial score (nSPS) is 22.3. The van der Waals surface area contributed by atoms with Crippen LogP contribution >= 0.6 is 0 Å². The molecule has 11 nitrogen and oxygen atoms in total. The molecular formula is C29H28O11S. The van der Waals surface area contributed by atoms with Gasteiger partial charge in [0, 0.05) is 7.11 Å². The molecule has 1 fully saturated rings. The lowest BCUT2D eigenvalue weighted by Crippen LogP contribution is -2.62. The lowest BCUT2D eigenvalue weighted by Gasteiger charge is -2.43. The summed E-state index contributed by atoms with van der Waals surface area (Å²) in [6.45, 7) is -0.507. The number of esters is 3. The smallest absolute Gasteiger partial charge is 0.338 e. The number of hydrogen-bond donors (Lipinski definition) is 0. The molecule has 1 aliphatic heterocycles. The van der Waals surface area contributed by atoms with Crippen LogP contribution in [0.3, 0.4) is 0 Å². The minimum Gasteiger partial charge on any atom is -0.459 e. The Hall–Kier alpha value is -4.10. The van der Waals surface area contributed by atoms with E-state index in [-0.39, 0.29) is 16.7 Å². The molecule has 41 heavy (non-hydrogen) atoms. The zero-order valence-electron chi connectivity index (χ0n) is 22.2. The molecule has 3 aromatic rings. The first-order valence-electron chi connectivity index (χ1n) is 12.5. The van der Waals surface area contributed by atoms with Crippen LogP contribution in [0.4, 0.5) is 0 Å². The van der Waals surface area contributed by atoms with Crippen LogP contribution in [-0.2, 0) is 38.0 Å². The SMILES string of the molecule is CO[C@H]1O[C@H](COC(=O)c2ccccc2)[C@H](OS(C)(=O)=O)[C@H](OC(=O)c2ccccc2)[C@H]1OC(=O)c1ccccc1. The predicted molar refractivity (Wildman–Crippen MR) is 143 cm³/mol. The molecule has 1 heterocycles. The minimum atomic E-state index is -4.20. The van der Waals surface area contributed by atoms with E-state index in [4.69, 9.17) is 27.9 Å². The van der Waals surface area contributed by atoms with Gasteiger partial charge in [0.25, 0.3) is 10.1 Å². The molecule has 4 rings (SSSR count). The fourth-order valence-electron chi connectivity index (χ4n) is 4.13. The number of benzene rings is 3. The lowest BCUT2D eigenvalue weighted by atomic mass is 9.98. The van der Waals surface area contributed by atoms with Crippen molar-refractivity contribution < 1.29 is 50.7 Å². The molecule has 1 aliphatic rings. The van der Waals surface area contributed by atoms with Gasteiger partial charge in [0.05, 0.1) is 22.9 Å². The molecule has 216 valence electrons. The summed E-state index contributed by atoms with van der Waals surface area (Å²) >= 11 is 0. The Morgan fingerprint density at radius 2 is 1.12 bits per heavy atom. The second-order valence-electron chi connectivity index (χ2n) is 8.98. The first-order chi connectivity index (χ1) is 19.7. The van der Waals surface area contributed by atoms with E-state index in [2.05, 4.69) is 0 Å². The van der Waals surface area contributed by atoms with Gasteiger partial charge >= 0.3 is 17.9 Å². The van der Waals surface area contributed by atoms with Crippen LogP contribution in [0.5, 0.6) is 0 Å². The maximum absolute atomic E-state index is 13.1. The summed E-state index contributed by atoms with van der Waals surface area (Å²) in [6.07, 6.45) is -6.53. The zero-order valence-corrected chi connectivity index (χ0v) is 23.0. The number of methoxy groups -OCH3 is 1. The molecule has 0 aromatic heterocycles. The number of ether oxygens (including phenoxy) is 5. The van der Waals surface area contributed by atoms with Crippen LogP contribution in [0.2, 0.25) is 0 Å². The average molecular weight is 585 g/mol. The van der Waals surface area contributed by atoms with Gasteiger partial charge in [-0.05, 0) is 36.4 Å². The summed E-state index contributed by atoms with van der Waals surface area (Å²) in [6, 6.07) is 24.0. The number of carbonyl (C=O) groups is 3. The molecule has 0 unspecified atom stereocenters. The van der Waals surface area contributed by atoms with Crippen LogP contribution in [0.15, 0.2) is 91.0 Å². The van der Waals surface area contributed by atoms with Gasteiger partial charge in [-0.25, -0.2) is 14.4 Å². The Balaban J connectivity index is 1.68. The van der Waals surface area contributed by atoms with Crippen molar-refractivity contribution in [3.05, 3.63) is 108 Å². The van der Waals surface area contributed by atoms with E-state index in [1.165, 1.54) is 43.5 Å². The van der Waals surface area contributed by atoms with E-state index >= 15 is 0 Å². The summed E-state index contributed by atoms with van der Waals surface area (Å²) < 4.78 is 58.1. The highest BCUT2D eigenvalue weighted by Gasteiger charge is 2.53. The largest absolute Gasteiger partial charge is 0.459 e. The second-order valence-corrected chi connectivity index (χ2v) is 10.6. The van der Waals surface area contributed by atoms with E-state index < -0.39 is 65.3 Å². The molecular weight excluding hydrogens is 556 g/mol. The van der Waals surface area contributed by atoms with E-state index in [1.54, 1.807) is 54.6 Å². The average Bonchev–Trinajstić information content (AvgIpc) is 2.98. The third-order valence-corrected chi connectivity index (χ3v) is 6.57. The third kappa shape index (κ3) is 7.98. The minimum absolute atomic E-state index is 0.145. The van der Waals surface area contributed by atoms with Gasteiger partial charge in [-0.1, -0.05) is 54.6 Å². The third-order valence-electron chi connectivity index (χ3n) is 6.00. The number of rotatable bonds is 10. The van der Waals surface area contributed by atoms with Crippen molar-refractivity contribution in [1.82, 2.24) is 0 Å². The molecule has 0 spiro atoms. The van der Waals surface area contributed by atoms with Gasteiger partial charge in [0.2, 0.25) is 0 Å². The van der Waals surface area contributed by atoms with Gasteiger partial charge in [-0.15, -0.1) is 0 Å². The molecule has 5 atom stereocenters. The molecule has 12 heteroatoms. The highest BCUT2D eigenvalue weighted by Crippen LogP contribution is 2.31. The summed E-state index contributed by atoms with van der Waals surface area (Å²) in [4.78, 5) is 38.8. The summed E-state index contributed by atoms with van der Waals surface area (Å²) in [5.74, 6) is -2.37. The van der Waals surface area contributed by atoms with Crippen LogP contribution in [0, 0.1) is 0 Å². The van der Waals surface area contributed by atoms with Gasteiger partial charge in [0.15, 0.2) is 18.5 Å². The van der Waals surface area contributed by atoms with E-state index in [1.807, 2.05) is 0 Å². The maximum atomic E-state index is 13.1. The van der Waals surface area contributed by atoms with Crippen LogP contribution in [0.25, 0.3) is 0 Å². The predicted octanol–water partition coefficient (Wildman–Crippen LogP) is 3.01. The monoisotopic (exact) mass is 584 g/mol. The quantitative estimate of drug-likeness (QED) is 0.197. The van der Waals surface area contributed by atoms with Crippen molar-refractivity contribution in [1.29, 1.82) is 0 Å². The molecule has 0 aliphatic carbocycles. The Labute approximate surface area is 237 Å². The highest BCUT2D eigenvalue weighted by molar-refractivity contribution is 7.86.